The molecule has 3 aromatic rings. The minimum Gasteiger partial charge on any atom is -0.508 e. The van der Waals surface area contributed by atoms with Crippen molar-refractivity contribution in [2.45, 2.75) is 25.3 Å². The summed E-state index contributed by atoms with van der Waals surface area (Å²) in [5.41, 5.74) is 8.24. The number of hydrogen-bond acceptors (Lipinski definition) is 5. The van der Waals surface area contributed by atoms with Gasteiger partial charge in [0.05, 0.1) is 11.4 Å². The fraction of sp³-hybridized carbons (Fsp3) is 0.320. The predicted molar refractivity (Wildman–Crippen MR) is 139 cm³/mol. The third-order valence-corrected chi connectivity index (χ3v) is 8.21. The molecule has 1 saturated heterocycles. The van der Waals surface area contributed by atoms with Crippen LogP contribution in [0.5, 0.6) is 5.75 Å². The van der Waals surface area contributed by atoms with Crippen LogP contribution < -0.4 is 11.4 Å². The molecule has 2 atom stereocenters. The molecule has 2 unspecified atom stereocenters. The lowest BCUT2D eigenvalue weighted by molar-refractivity contribution is -0.134. The van der Waals surface area contributed by atoms with E-state index < -0.39 is 0 Å². The predicted octanol–water partition coefficient (Wildman–Crippen LogP) is 4.34. The molecule has 182 valence electrons. The Kier molecular flexibility index (Phi) is 6.35. The molecule has 1 saturated carbocycles. The van der Waals surface area contributed by atoms with E-state index in [2.05, 4.69) is 36.8 Å². The highest BCUT2D eigenvalue weighted by Gasteiger charge is 2.50. The lowest BCUT2D eigenvalue weighted by atomic mass is 10.0. The molecular weight excluding hydrogens is 580 g/mol. The van der Waals surface area contributed by atoms with Crippen molar-refractivity contribution >= 4 is 49.2 Å². The third-order valence-electron chi connectivity index (χ3n) is 6.90. The molecule has 4 N–H and O–H groups in total. The Morgan fingerprint density at radius 3 is 2.40 bits per heavy atom. The van der Waals surface area contributed by atoms with Crippen LogP contribution >= 0.6 is 31.9 Å². The molecule has 1 aliphatic heterocycles. The van der Waals surface area contributed by atoms with Crippen molar-refractivity contribution in [3.05, 3.63) is 67.6 Å². The number of H-pyrrole nitrogens is 1. The number of aromatic amines is 1. The first-order valence-electron chi connectivity index (χ1n) is 11.4. The summed E-state index contributed by atoms with van der Waals surface area (Å²) in [7, 11) is 0. The first kappa shape index (κ1) is 23.9. The number of anilines is 1. The van der Waals surface area contributed by atoms with Crippen LogP contribution in [0.2, 0.25) is 0 Å². The number of aromatic hydroxyl groups is 1. The fourth-order valence-corrected chi connectivity index (χ4v) is 6.09. The van der Waals surface area contributed by atoms with Crippen LogP contribution in [0.3, 0.4) is 0 Å². The maximum absolute atomic E-state index is 13.1. The summed E-state index contributed by atoms with van der Waals surface area (Å²) in [5, 5.41) is 9.83. The maximum Gasteiger partial charge on any atom is 0.326 e. The van der Waals surface area contributed by atoms with Crippen LogP contribution in [0.4, 0.5) is 5.69 Å². The second kappa shape index (κ2) is 9.31. The Morgan fingerprint density at radius 1 is 1.06 bits per heavy atom. The largest absolute Gasteiger partial charge is 0.508 e. The van der Waals surface area contributed by atoms with Crippen molar-refractivity contribution in [1.29, 1.82) is 0 Å². The van der Waals surface area contributed by atoms with E-state index in [1.807, 2.05) is 11.0 Å². The van der Waals surface area contributed by atoms with Gasteiger partial charge in [-0.25, -0.2) is 4.79 Å². The maximum atomic E-state index is 13.1. The van der Waals surface area contributed by atoms with Crippen molar-refractivity contribution in [2.24, 2.45) is 11.8 Å². The SMILES string of the molecule is Nc1c(Br)cc(C(=O)C2CC2C(=O)N2CCC(n3c(-c4cccc(O)c4)c[nH]c3=O)CC2)cc1Br. The molecule has 0 spiro atoms. The number of nitrogens with zero attached hydrogens (tertiary/aromatic N) is 2. The number of nitrogen functional groups attached to an aromatic ring is 1. The zero-order valence-corrected chi connectivity index (χ0v) is 21.9. The highest BCUT2D eigenvalue weighted by Crippen LogP contribution is 2.44. The average molecular weight is 604 g/mol. The van der Waals surface area contributed by atoms with Gasteiger partial charge in [-0.05, 0) is 75.4 Å². The van der Waals surface area contributed by atoms with Crippen LogP contribution in [-0.4, -0.2) is 44.3 Å². The Balaban J connectivity index is 1.24. The molecule has 2 aromatic carbocycles. The molecule has 2 fully saturated rings. The minimum absolute atomic E-state index is 0.00463. The second-order valence-electron chi connectivity index (χ2n) is 9.12. The third kappa shape index (κ3) is 4.56. The van der Waals surface area contributed by atoms with Gasteiger partial charge in [-0.15, -0.1) is 0 Å². The molecule has 1 aliphatic carbocycles. The van der Waals surface area contributed by atoms with E-state index in [0.717, 1.165) is 5.56 Å². The molecule has 10 heteroatoms. The molecule has 2 heterocycles. The van der Waals surface area contributed by atoms with Crippen molar-refractivity contribution in [2.75, 3.05) is 18.8 Å². The number of hydrogen-bond donors (Lipinski definition) is 3. The standard InChI is InChI=1S/C25H24Br2N4O4/c26-19-9-14(10-20(27)22(19)28)23(33)17-11-18(17)24(34)30-6-4-15(5-7-30)31-21(12-29-25(31)35)13-2-1-3-16(32)8-13/h1-3,8-10,12,15,17-18,32H,4-7,11,28H2,(H,29,35). The van der Waals surface area contributed by atoms with E-state index in [1.165, 1.54) is 0 Å². The molecule has 1 amide bonds. The number of likely N-dealkylation sites (tertiary alicyclic amines) is 1. The minimum atomic E-state index is -0.313. The Hall–Kier alpha value is -2.85. The lowest BCUT2D eigenvalue weighted by Gasteiger charge is -2.33. The van der Waals surface area contributed by atoms with E-state index in [-0.39, 0.29) is 41.0 Å². The summed E-state index contributed by atoms with van der Waals surface area (Å²) in [6.07, 6.45) is 3.48. The zero-order chi connectivity index (χ0) is 24.9. The Bertz CT molecular complexity index is 1350. The van der Waals surface area contributed by atoms with Gasteiger partial charge in [0, 0.05) is 57.2 Å². The molecule has 2 aliphatic rings. The number of amides is 1. The van der Waals surface area contributed by atoms with Gasteiger partial charge in [-0.2, -0.15) is 0 Å². The van der Waals surface area contributed by atoms with Gasteiger partial charge < -0.3 is 20.7 Å². The van der Waals surface area contributed by atoms with E-state index in [1.54, 1.807) is 41.1 Å². The van der Waals surface area contributed by atoms with E-state index in [0.29, 0.717) is 58.2 Å². The highest BCUT2D eigenvalue weighted by atomic mass is 79.9. The van der Waals surface area contributed by atoms with Crippen LogP contribution in [-0.2, 0) is 4.79 Å². The van der Waals surface area contributed by atoms with Crippen LogP contribution in [0.15, 0.2) is 56.3 Å². The van der Waals surface area contributed by atoms with Crippen LogP contribution in [0, 0.1) is 11.8 Å². The number of phenolic OH excluding ortho intramolecular Hbond substituents is 1. The molecule has 35 heavy (non-hydrogen) atoms. The number of benzene rings is 2. The summed E-state index contributed by atoms with van der Waals surface area (Å²) in [5.74, 6) is -0.520. The number of carbonyl (C=O) groups is 2. The van der Waals surface area contributed by atoms with E-state index >= 15 is 0 Å². The van der Waals surface area contributed by atoms with E-state index in [4.69, 9.17) is 5.73 Å². The normalized spacial score (nSPS) is 20.1. The van der Waals surface area contributed by atoms with Crippen molar-refractivity contribution in [1.82, 2.24) is 14.5 Å². The van der Waals surface area contributed by atoms with Gasteiger partial charge >= 0.3 is 5.69 Å². The van der Waals surface area contributed by atoms with Crippen molar-refractivity contribution in [3.8, 4) is 17.0 Å². The summed E-state index contributed by atoms with van der Waals surface area (Å²) < 4.78 is 3.01. The quantitative estimate of drug-likeness (QED) is 0.296. The average Bonchev–Trinajstić information content (AvgIpc) is 3.56. The van der Waals surface area contributed by atoms with Gasteiger partial charge in [-0.1, -0.05) is 12.1 Å². The topological polar surface area (TPSA) is 121 Å². The van der Waals surface area contributed by atoms with Crippen LogP contribution in [0.25, 0.3) is 11.3 Å². The number of imidazole rings is 1. The van der Waals surface area contributed by atoms with Crippen molar-refractivity contribution < 1.29 is 14.7 Å². The number of Topliss-reactive ketones (excluding diaryl/α,β-unsaturated/α-hetero) is 1. The number of nitrogens with one attached hydrogen (secondary N) is 1. The number of aromatic nitrogens is 2. The number of nitrogens with two attached hydrogens (primary N) is 1. The molecule has 0 radical (unpaired) electrons. The van der Waals surface area contributed by atoms with Crippen molar-refractivity contribution in [3.63, 3.8) is 0 Å². The summed E-state index contributed by atoms with van der Waals surface area (Å²) in [4.78, 5) is 43.2. The molecular formula is C25H24Br2N4O4. The number of halogens is 2. The monoisotopic (exact) mass is 602 g/mol. The number of carbonyl (C=O) groups excluding carboxylic acids is 2. The fourth-order valence-electron chi connectivity index (χ4n) is 4.91. The van der Waals surface area contributed by atoms with Gasteiger partial charge in [0.2, 0.25) is 5.91 Å². The number of piperidine rings is 1. The highest BCUT2D eigenvalue weighted by molar-refractivity contribution is 9.11. The van der Waals surface area contributed by atoms with Crippen LogP contribution in [0.1, 0.15) is 35.7 Å². The Labute approximate surface area is 218 Å². The first-order valence-corrected chi connectivity index (χ1v) is 13.0. The van der Waals surface area contributed by atoms with Gasteiger partial charge in [0.1, 0.15) is 5.75 Å². The number of rotatable bonds is 5. The smallest absolute Gasteiger partial charge is 0.326 e. The lowest BCUT2D eigenvalue weighted by Crippen LogP contribution is -2.41. The van der Waals surface area contributed by atoms with Gasteiger partial charge in [0.25, 0.3) is 0 Å². The van der Waals surface area contributed by atoms with Gasteiger partial charge in [0.15, 0.2) is 5.78 Å². The molecule has 0 bridgehead atoms. The van der Waals surface area contributed by atoms with E-state index in [9.17, 15) is 19.5 Å². The summed E-state index contributed by atoms with van der Waals surface area (Å²) in [6.45, 7) is 1.05. The molecule has 8 nitrogen and oxygen atoms in total. The second-order valence-corrected chi connectivity index (χ2v) is 10.8. The summed E-state index contributed by atoms with van der Waals surface area (Å²) in [6, 6.07) is 10.1. The molecule has 5 rings (SSSR count). The Morgan fingerprint density at radius 2 is 1.74 bits per heavy atom. The first-order chi connectivity index (χ1) is 16.7. The zero-order valence-electron chi connectivity index (χ0n) is 18.7. The number of ketones is 1. The summed E-state index contributed by atoms with van der Waals surface area (Å²) >= 11 is 6.74. The molecule has 1 aromatic heterocycles. The number of phenols is 1. The van der Waals surface area contributed by atoms with Gasteiger partial charge in [-0.3, -0.25) is 14.2 Å².